The van der Waals surface area contributed by atoms with Crippen LogP contribution in [0.4, 0.5) is 11.4 Å². The Morgan fingerprint density at radius 1 is 0.880 bits per heavy atom. The minimum Gasteiger partial charge on any atom is -0.493 e. The van der Waals surface area contributed by atoms with Gasteiger partial charge in [0.2, 0.25) is 0 Å². The second-order valence-corrected chi connectivity index (χ2v) is 7.84. The van der Waals surface area contributed by atoms with Crippen LogP contribution in [0, 0.1) is 0 Å². The number of hydrogen-bond acceptors (Lipinski definition) is 3. The van der Waals surface area contributed by atoms with Crippen LogP contribution >= 0.6 is 0 Å². The maximum Gasteiger partial charge on any atom is 0.163 e. The fourth-order valence-corrected chi connectivity index (χ4v) is 3.25. The zero-order valence-electron chi connectivity index (χ0n) is 15.8. The molecule has 0 unspecified atom stereocenters. The van der Waals surface area contributed by atoms with E-state index >= 15 is 0 Å². The van der Waals surface area contributed by atoms with Crippen LogP contribution in [0.25, 0.3) is 0 Å². The molecule has 0 amide bonds. The average molecular weight is 339 g/mol. The zero-order valence-corrected chi connectivity index (χ0v) is 15.8. The first-order valence-corrected chi connectivity index (χ1v) is 9.18. The van der Waals surface area contributed by atoms with Gasteiger partial charge in [0.15, 0.2) is 11.5 Å². The SMILES string of the molecule is COc1ccc(Nc2ccc(C(C)(C)C)cc2)cc1OC1CCCC1. The van der Waals surface area contributed by atoms with Crippen molar-refractivity contribution >= 4 is 11.4 Å². The van der Waals surface area contributed by atoms with Gasteiger partial charge < -0.3 is 14.8 Å². The van der Waals surface area contributed by atoms with E-state index in [1.165, 1.54) is 18.4 Å². The van der Waals surface area contributed by atoms with Gasteiger partial charge in [0.05, 0.1) is 13.2 Å². The van der Waals surface area contributed by atoms with Gasteiger partial charge in [0, 0.05) is 17.4 Å². The van der Waals surface area contributed by atoms with Gasteiger partial charge in [-0.2, -0.15) is 0 Å². The third kappa shape index (κ3) is 4.47. The highest BCUT2D eigenvalue weighted by Gasteiger charge is 2.19. The number of rotatable bonds is 5. The minimum absolute atomic E-state index is 0.168. The maximum absolute atomic E-state index is 6.17. The van der Waals surface area contributed by atoms with Crippen molar-refractivity contribution in [3.8, 4) is 11.5 Å². The van der Waals surface area contributed by atoms with Gasteiger partial charge in [0.1, 0.15) is 0 Å². The van der Waals surface area contributed by atoms with E-state index < -0.39 is 0 Å². The Balaban J connectivity index is 1.75. The minimum atomic E-state index is 0.168. The molecule has 25 heavy (non-hydrogen) atoms. The smallest absolute Gasteiger partial charge is 0.163 e. The van der Waals surface area contributed by atoms with Crippen molar-refractivity contribution in [1.29, 1.82) is 0 Å². The highest BCUT2D eigenvalue weighted by molar-refractivity contribution is 5.64. The summed E-state index contributed by atoms with van der Waals surface area (Å²) in [6, 6.07) is 14.6. The Morgan fingerprint density at radius 2 is 1.52 bits per heavy atom. The van der Waals surface area contributed by atoms with Crippen molar-refractivity contribution in [3.63, 3.8) is 0 Å². The molecule has 1 N–H and O–H groups in total. The second-order valence-electron chi connectivity index (χ2n) is 7.84. The molecule has 0 radical (unpaired) electrons. The normalized spacial score (nSPS) is 15.2. The molecule has 3 nitrogen and oxygen atoms in total. The number of benzene rings is 2. The van der Waals surface area contributed by atoms with Crippen LogP contribution in [0.5, 0.6) is 11.5 Å². The van der Waals surface area contributed by atoms with Crippen LogP contribution in [0.1, 0.15) is 52.0 Å². The van der Waals surface area contributed by atoms with Crippen LogP contribution < -0.4 is 14.8 Å². The molecule has 1 aliphatic carbocycles. The quantitative estimate of drug-likeness (QED) is 0.718. The highest BCUT2D eigenvalue weighted by atomic mass is 16.5. The van der Waals surface area contributed by atoms with Gasteiger partial charge in [-0.05, 0) is 60.9 Å². The number of hydrogen-bond donors (Lipinski definition) is 1. The molecule has 2 aromatic carbocycles. The van der Waals surface area contributed by atoms with Crippen LogP contribution in [0.2, 0.25) is 0 Å². The Kier molecular flexibility index (Phi) is 5.22. The molecule has 1 aliphatic rings. The first-order valence-electron chi connectivity index (χ1n) is 9.18. The molecular weight excluding hydrogens is 310 g/mol. The van der Waals surface area contributed by atoms with E-state index in [-0.39, 0.29) is 5.41 Å². The molecule has 2 aromatic rings. The van der Waals surface area contributed by atoms with Crippen molar-refractivity contribution in [3.05, 3.63) is 48.0 Å². The molecule has 0 bridgehead atoms. The van der Waals surface area contributed by atoms with E-state index in [4.69, 9.17) is 9.47 Å². The second kappa shape index (κ2) is 7.38. The number of nitrogens with one attached hydrogen (secondary N) is 1. The molecule has 1 saturated carbocycles. The molecule has 3 heteroatoms. The summed E-state index contributed by atoms with van der Waals surface area (Å²) in [4.78, 5) is 0. The summed E-state index contributed by atoms with van der Waals surface area (Å²) in [5.74, 6) is 1.62. The monoisotopic (exact) mass is 339 g/mol. The fraction of sp³-hybridized carbons (Fsp3) is 0.455. The van der Waals surface area contributed by atoms with Crippen LogP contribution in [-0.2, 0) is 5.41 Å². The van der Waals surface area contributed by atoms with E-state index in [1.54, 1.807) is 7.11 Å². The number of ether oxygens (including phenoxy) is 2. The Hall–Kier alpha value is -2.16. The van der Waals surface area contributed by atoms with Crippen molar-refractivity contribution in [2.24, 2.45) is 0 Å². The Morgan fingerprint density at radius 3 is 2.12 bits per heavy atom. The molecule has 0 saturated heterocycles. The molecule has 134 valence electrons. The summed E-state index contributed by atoms with van der Waals surface area (Å²) >= 11 is 0. The van der Waals surface area contributed by atoms with Crippen LogP contribution in [0.3, 0.4) is 0 Å². The molecule has 0 aliphatic heterocycles. The molecule has 0 spiro atoms. The summed E-state index contributed by atoms with van der Waals surface area (Å²) in [6.07, 6.45) is 5.09. The van der Waals surface area contributed by atoms with E-state index in [2.05, 4.69) is 50.4 Å². The molecule has 0 atom stereocenters. The lowest BCUT2D eigenvalue weighted by Gasteiger charge is -2.20. The van der Waals surface area contributed by atoms with Crippen LogP contribution in [-0.4, -0.2) is 13.2 Å². The van der Waals surface area contributed by atoms with E-state index in [1.807, 2.05) is 18.2 Å². The third-order valence-corrected chi connectivity index (χ3v) is 4.80. The van der Waals surface area contributed by atoms with Gasteiger partial charge >= 0.3 is 0 Å². The Bertz CT molecular complexity index is 695. The van der Waals surface area contributed by atoms with Gasteiger partial charge in [0.25, 0.3) is 0 Å². The van der Waals surface area contributed by atoms with Crippen molar-refractivity contribution < 1.29 is 9.47 Å². The molecule has 0 heterocycles. The first-order chi connectivity index (χ1) is 12.0. The van der Waals surface area contributed by atoms with Gasteiger partial charge in [-0.15, -0.1) is 0 Å². The van der Waals surface area contributed by atoms with Gasteiger partial charge in [-0.25, -0.2) is 0 Å². The van der Waals surface area contributed by atoms with E-state index in [0.29, 0.717) is 6.10 Å². The Labute approximate surface area is 151 Å². The van der Waals surface area contributed by atoms with E-state index in [0.717, 1.165) is 35.7 Å². The van der Waals surface area contributed by atoms with Crippen molar-refractivity contribution in [1.82, 2.24) is 0 Å². The molecule has 1 fully saturated rings. The van der Waals surface area contributed by atoms with Gasteiger partial charge in [-0.1, -0.05) is 32.9 Å². The fourth-order valence-electron chi connectivity index (χ4n) is 3.25. The van der Waals surface area contributed by atoms with Gasteiger partial charge in [-0.3, -0.25) is 0 Å². The van der Waals surface area contributed by atoms with Crippen molar-refractivity contribution in [2.45, 2.75) is 58.0 Å². The summed E-state index contributed by atoms with van der Waals surface area (Å²) in [7, 11) is 1.69. The summed E-state index contributed by atoms with van der Waals surface area (Å²) < 4.78 is 11.6. The number of anilines is 2. The third-order valence-electron chi connectivity index (χ3n) is 4.80. The lowest BCUT2D eigenvalue weighted by atomic mass is 9.87. The first kappa shape index (κ1) is 17.7. The summed E-state index contributed by atoms with van der Waals surface area (Å²) in [5.41, 5.74) is 3.58. The number of methoxy groups -OCH3 is 1. The molecular formula is C22H29NO2. The van der Waals surface area contributed by atoms with Crippen LogP contribution in [0.15, 0.2) is 42.5 Å². The lowest BCUT2D eigenvalue weighted by molar-refractivity contribution is 0.201. The maximum atomic E-state index is 6.17. The topological polar surface area (TPSA) is 30.5 Å². The molecule has 3 rings (SSSR count). The van der Waals surface area contributed by atoms with E-state index in [9.17, 15) is 0 Å². The zero-order chi connectivity index (χ0) is 17.9. The standard InChI is InChI=1S/C22H29NO2/c1-22(2,3)16-9-11-17(12-10-16)23-18-13-14-20(24-4)21(15-18)25-19-7-5-6-8-19/h9-15,19,23H,5-8H2,1-4H3. The largest absolute Gasteiger partial charge is 0.493 e. The summed E-state index contributed by atoms with van der Waals surface area (Å²) in [6.45, 7) is 6.68. The summed E-state index contributed by atoms with van der Waals surface area (Å²) in [5, 5.41) is 3.46. The average Bonchev–Trinajstić information content (AvgIpc) is 3.08. The predicted molar refractivity (Wildman–Crippen MR) is 104 cm³/mol. The predicted octanol–water partition coefficient (Wildman–Crippen LogP) is 6.06. The van der Waals surface area contributed by atoms with Crippen molar-refractivity contribution in [2.75, 3.05) is 12.4 Å². The highest BCUT2D eigenvalue weighted by Crippen LogP contribution is 2.35. The molecule has 0 aromatic heterocycles. The lowest BCUT2D eigenvalue weighted by Crippen LogP contribution is -2.11.